The average molecular weight is 514 g/mol. The van der Waals surface area contributed by atoms with Crippen LogP contribution in [-0.2, 0) is 19.5 Å². The van der Waals surface area contributed by atoms with Gasteiger partial charge in [0.1, 0.15) is 0 Å². The zero-order valence-corrected chi connectivity index (χ0v) is 22.2. The van der Waals surface area contributed by atoms with E-state index < -0.39 is 5.91 Å². The molecule has 1 aromatic heterocycles. The normalized spacial score (nSPS) is 19.9. The summed E-state index contributed by atoms with van der Waals surface area (Å²) in [6.45, 7) is 4.80. The molecule has 1 aliphatic carbocycles. The van der Waals surface area contributed by atoms with Gasteiger partial charge in [-0.05, 0) is 67.1 Å². The first-order chi connectivity index (χ1) is 18.5. The number of aromatic amines is 1. The Kier molecular flexibility index (Phi) is 7.22. The van der Waals surface area contributed by atoms with Crippen molar-refractivity contribution in [3.05, 3.63) is 70.4 Å². The number of H-pyrrole nitrogens is 1. The number of nitrogens with two attached hydrogens (primary N) is 1. The molecule has 2 fully saturated rings. The van der Waals surface area contributed by atoms with Crippen LogP contribution in [0.5, 0.6) is 0 Å². The van der Waals surface area contributed by atoms with Crippen molar-refractivity contribution in [2.24, 2.45) is 5.73 Å². The summed E-state index contributed by atoms with van der Waals surface area (Å²) in [7, 11) is 0. The van der Waals surface area contributed by atoms with Crippen LogP contribution in [0.15, 0.2) is 42.5 Å². The summed E-state index contributed by atoms with van der Waals surface area (Å²) in [6.07, 6.45) is 9.85. The van der Waals surface area contributed by atoms with Crippen molar-refractivity contribution in [3.63, 3.8) is 0 Å². The highest BCUT2D eigenvalue weighted by atomic mass is 16.2. The third-order valence-electron chi connectivity index (χ3n) is 8.92. The second-order valence-electron chi connectivity index (χ2n) is 11.4. The number of hydrogen-bond donors (Lipinski definition) is 3. The first-order valence-electron chi connectivity index (χ1n) is 14.3. The molecule has 6 rings (SSSR count). The number of carbonyl (C=O) groups excluding carboxylic acids is 2. The summed E-state index contributed by atoms with van der Waals surface area (Å²) >= 11 is 0. The zero-order chi connectivity index (χ0) is 26.1. The van der Waals surface area contributed by atoms with Crippen molar-refractivity contribution in [2.45, 2.75) is 76.5 Å². The fraction of sp³-hybridized carbons (Fsp3) is 0.484. The highest BCUT2D eigenvalue weighted by molar-refractivity contribution is 5.99. The molecule has 1 saturated carbocycles. The molecule has 2 aromatic carbocycles. The van der Waals surface area contributed by atoms with Crippen molar-refractivity contribution in [2.75, 3.05) is 19.6 Å². The second kappa shape index (κ2) is 10.9. The molecule has 7 heteroatoms. The van der Waals surface area contributed by atoms with Crippen molar-refractivity contribution >= 4 is 22.7 Å². The molecule has 7 nitrogen and oxygen atoms in total. The Hall–Kier alpha value is -3.16. The number of hydrogen-bond acceptors (Lipinski definition) is 4. The van der Waals surface area contributed by atoms with Gasteiger partial charge in [-0.15, -0.1) is 0 Å². The van der Waals surface area contributed by atoms with E-state index >= 15 is 0 Å². The lowest BCUT2D eigenvalue weighted by atomic mass is 9.92. The number of aromatic nitrogens is 1. The molecular formula is C31H39N5O2. The Morgan fingerprint density at radius 1 is 0.921 bits per heavy atom. The number of nitrogens with one attached hydrogen (secondary N) is 2. The Morgan fingerprint density at radius 2 is 1.66 bits per heavy atom. The maximum Gasteiger partial charge on any atom is 0.251 e. The summed E-state index contributed by atoms with van der Waals surface area (Å²) in [5.74, 6) is -0.358. The standard InChI is InChI=1S/C31H39N5O2/c32-30(37)22-8-6-21(7-9-22)19-35-15-14-29-27(20-35)26-18-23(10-11-28(26)34-29)31(38)33-24-12-16-36(17-13-24)25-4-2-1-3-5-25/h6-11,18,24-25,34H,1-5,12-17,19-20H2,(H2,32,37)(H,33,38). The molecule has 3 heterocycles. The topological polar surface area (TPSA) is 94.5 Å². The lowest BCUT2D eigenvalue weighted by molar-refractivity contribution is 0.0865. The summed E-state index contributed by atoms with van der Waals surface area (Å²) in [5, 5.41) is 4.48. The predicted molar refractivity (Wildman–Crippen MR) is 150 cm³/mol. The smallest absolute Gasteiger partial charge is 0.251 e. The van der Waals surface area contributed by atoms with Crippen LogP contribution < -0.4 is 11.1 Å². The first-order valence-corrected chi connectivity index (χ1v) is 14.3. The van der Waals surface area contributed by atoms with Crippen LogP contribution in [0, 0.1) is 0 Å². The molecule has 38 heavy (non-hydrogen) atoms. The minimum absolute atomic E-state index is 0.0418. The molecule has 200 valence electrons. The maximum atomic E-state index is 13.2. The number of amides is 2. The average Bonchev–Trinajstić information content (AvgIpc) is 3.31. The van der Waals surface area contributed by atoms with Crippen molar-refractivity contribution in [3.8, 4) is 0 Å². The molecule has 2 amide bonds. The van der Waals surface area contributed by atoms with Gasteiger partial charge < -0.3 is 20.9 Å². The van der Waals surface area contributed by atoms with Gasteiger partial charge in [-0.1, -0.05) is 31.4 Å². The number of primary amides is 1. The Bertz CT molecular complexity index is 1300. The first kappa shape index (κ1) is 25.1. The van der Waals surface area contributed by atoms with Gasteiger partial charge in [0.2, 0.25) is 5.91 Å². The molecule has 0 atom stereocenters. The number of carbonyl (C=O) groups is 2. The Morgan fingerprint density at radius 3 is 2.39 bits per heavy atom. The lowest BCUT2D eigenvalue weighted by Crippen LogP contribution is -2.48. The van der Waals surface area contributed by atoms with E-state index in [1.165, 1.54) is 43.4 Å². The van der Waals surface area contributed by atoms with Crippen LogP contribution in [0.25, 0.3) is 10.9 Å². The van der Waals surface area contributed by atoms with E-state index in [0.29, 0.717) is 5.56 Å². The van der Waals surface area contributed by atoms with Crippen LogP contribution in [0.1, 0.15) is 82.5 Å². The zero-order valence-electron chi connectivity index (χ0n) is 22.2. The van der Waals surface area contributed by atoms with Crippen LogP contribution in [0.3, 0.4) is 0 Å². The highest BCUT2D eigenvalue weighted by Gasteiger charge is 2.27. The summed E-state index contributed by atoms with van der Waals surface area (Å²) in [5.41, 5.74) is 11.5. The van der Waals surface area contributed by atoms with E-state index in [2.05, 4.69) is 32.2 Å². The minimum Gasteiger partial charge on any atom is -0.366 e. The van der Waals surface area contributed by atoms with Gasteiger partial charge >= 0.3 is 0 Å². The molecule has 2 aliphatic heterocycles. The van der Waals surface area contributed by atoms with Gasteiger partial charge in [0.25, 0.3) is 5.91 Å². The number of fused-ring (bicyclic) bond motifs is 3. The van der Waals surface area contributed by atoms with Crippen LogP contribution in [0.2, 0.25) is 0 Å². The van der Waals surface area contributed by atoms with E-state index in [4.69, 9.17) is 5.73 Å². The summed E-state index contributed by atoms with van der Waals surface area (Å²) in [6, 6.07) is 14.6. The van der Waals surface area contributed by atoms with Crippen LogP contribution >= 0.6 is 0 Å². The molecule has 3 aliphatic rings. The Labute approximate surface area is 224 Å². The SMILES string of the molecule is NC(=O)c1ccc(CN2CCc3[nH]c4ccc(C(=O)NC5CCN(C6CCCCC6)CC5)cc4c3C2)cc1. The largest absolute Gasteiger partial charge is 0.366 e. The molecule has 0 radical (unpaired) electrons. The Balaban J connectivity index is 1.10. The molecular weight excluding hydrogens is 474 g/mol. The van der Waals surface area contributed by atoms with Crippen LogP contribution in [-0.4, -0.2) is 58.3 Å². The number of likely N-dealkylation sites (tertiary alicyclic amines) is 1. The van der Waals surface area contributed by atoms with Gasteiger partial charge in [0.15, 0.2) is 0 Å². The van der Waals surface area contributed by atoms with Crippen LogP contribution in [0.4, 0.5) is 0 Å². The van der Waals surface area contributed by atoms with Gasteiger partial charge in [-0.2, -0.15) is 0 Å². The van der Waals surface area contributed by atoms with Gasteiger partial charge in [-0.3, -0.25) is 14.5 Å². The number of rotatable bonds is 6. The third-order valence-corrected chi connectivity index (χ3v) is 8.92. The predicted octanol–water partition coefficient (Wildman–Crippen LogP) is 4.35. The minimum atomic E-state index is -0.400. The summed E-state index contributed by atoms with van der Waals surface area (Å²) in [4.78, 5) is 33.3. The van der Waals surface area contributed by atoms with E-state index in [1.54, 1.807) is 12.1 Å². The van der Waals surface area contributed by atoms with E-state index in [0.717, 1.165) is 80.1 Å². The van der Waals surface area contributed by atoms with Crippen molar-refractivity contribution < 1.29 is 9.59 Å². The van der Waals surface area contributed by atoms with Gasteiger partial charge in [0, 0.05) is 79.0 Å². The molecule has 3 aromatic rings. The van der Waals surface area contributed by atoms with E-state index in [1.807, 2.05) is 18.2 Å². The van der Waals surface area contributed by atoms with Crippen molar-refractivity contribution in [1.82, 2.24) is 20.1 Å². The fourth-order valence-electron chi connectivity index (χ4n) is 6.70. The molecule has 1 saturated heterocycles. The number of nitrogens with zero attached hydrogens (tertiary/aromatic N) is 2. The fourth-order valence-corrected chi connectivity index (χ4v) is 6.70. The third kappa shape index (κ3) is 5.36. The van der Waals surface area contributed by atoms with E-state index in [9.17, 15) is 9.59 Å². The molecule has 4 N–H and O–H groups in total. The lowest BCUT2D eigenvalue weighted by Gasteiger charge is -2.39. The number of piperidine rings is 1. The molecule has 0 bridgehead atoms. The van der Waals surface area contributed by atoms with E-state index in [-0.39, 0.29) is 11.9 Å². The summed E-state index contributed by atoms with van der Waals surface area (Å²) < 4.78 is 0. The van der Waals surface area contributed by atoms with Gasteiger partial charge in [0.05, 0.1) is 0 Å². The second-order valence-corrected chi connectivity index (χ2v) is 11.4. The monoisotopic (exact) mass is 513 g/mol. The highest BCUT2D eigenvalue weighted by Crippen LogP contribution is 2.30. The maximum absolute atomic E-state index is 13.2. The molecule has 0 unspecified atom stereocenters. The molecule has 0 spiro atoms. The number of benzene rings is 2. The quantitative estimate of drug-likeness (QED) is 0.457. The van der Waals surface area contributed by atoms with Gasteiger partial charge in [-0.25, -0.2) is 0 Å². The van der Waals surface area contributed by atoms with Crippen molar-refractivity contribution in [1.29, 1.82) is 0 Å².